The number of aromatic nitrogens is 1. The normalized spacial score (nSPS) is 15.0. The molecule has 1 atom stereocenters. The second-order valence-corrected chi connectivity index (χ2v) is 9.59. The van der Waals surface area contributed by atoms with Crippen molar-refractivity contribution in [2.45, 2.75) is 13.0 Å². The first-order valence-electron chi connectivity index (χ1n) is 11.8. The molecule has 192 valence electrons. The number of phenols is 1. The van der Waals surface area contributed by atoms with Crippen LogP contribution >= 0.6 is 11.3 Å². The smallest absolute Gasteiger partial charge is 0.271 e. The highest BCUT2D eigenvalue weighted by molar-refractivity contribution is 7.07. The van der Waals surface area contributed by atoms with Gasteiger partial charge in [0.1, 0.15) is 5.75 Å². The molecule has 0 aliphatic carbocycles. The predicted molar refractivity (Wildman–Crippen MR) is 146 cm³/mol. The predicted octanol–water partition coefficient (Wildman–Crippen LogP) is 3.60. The van der Waals surface area contributed by atoms with Gasteiger partial charge in [0.25, 0.3) is 11.5 Å². The number of aromatic hydroxyl groups is 1. The number of methoxy groups -OCH3 is 2. The van der Waals surface area contributed by atoms with Gasteiger partial charge >= 0.3 is 0 Å². The number of hydrogen-bond acceptors (Lipinski definition) is 7. The van der Waals surface area contributed by atoms with E-state index in [4.69, 9.17) is 9.47 Å². The fraction of sp³-hybridized carbons (Fsp3) is 0.138. The van der Waals surface area contributed by atoms with Crippen molar-refractivity contribution in [3.63, 3.8) is 0 Å². The molecule has 1 aliphatic heterocycles. The maximum atomic E-state index is 13.8. The number of carbonyl (C=O) groups is 1. The van der Waals surface area contributed by atoms with E-state index in [9.17, 15) is 14.7 Å². The third kappa shape index (κ3) is 4.59. The van der Waals surface area contributed by atoms with Gasteiger partial charge in [-0.3, -0.25) is 14.2 Å². The average Bonchev–Trinajstić information content (AvgIpc) is 3.23. The molecule has 0 saturated carbocycles. The summed E-state index contributed by atoms with van der Waals surface area (Å²) in [4.78, 5) is 32.6. The number of nitrogens with one attached hydrogen (secondary N) is 1. The number of rotatable bonds is 6. The summed E-state index contributed by atoms with van der Waals surface area (Å²) in [5.74, 6) is 0.481. The fourth-order valence-corrected chi connectivity index (χ4v) is 5.46. The number of fused-ring (bicyclic) bond motifs is 1. The number of hydrogen-bond donors (Lipinski definition) is 2. The second-order valence-electron chi connectivity index (χ2n) is 8.58. The summed E-state index contributed by atoms with van der Waals surface area (Å²) >= 11 is 1.19. The van der Waals surface area contributed by atoms with E-state index in [1.54, 1.807) is 56.5 Å². The van der Waals surface area contributed by atoms with Gasteiger partial charge in [-0.2, -0.15) is 0 Å². The van der Waals surface area contributed by atoms with Crippen LogP contribution in [0.3, 0.4) is 0 Å². The Balaban J connectivity index is 1.70. The number of nitrogens with zero attached hydrogens (tertiary/aromatic N) is 2. The first-order chi connectivity index (χ1) is 18.4. The van der Waals surface area contributed by atoms with Gasteiger partial charge in [-0.1, -0.05) is 53.8 Å². The van der Waals surface area contributed by atoms with E-state index in [0.717, 1.165) is 0 Å². The van der Waals surface area contributed by atoms with Gasteiger partial charge in [-0.05, 0) is 48.9 Å². The molecule has 0 unspecified atom stereocenters. The minimum Gasteiger partial charge on any atom is -0.504 e. The minimum absolute atomic E-state index is 0.0655. The molecule has 8 nitrogen and oxygen atoms in total. The summed E-state index contributed by atoms with van der Waals surface area (Å²) in [5, 5.41) is 13.5. The van der Waals surface area contributed by atoms with E-state index in [-0.39, 0.29) is 17.2 Å². The summed E-state index contributed by atoms with van der Waals surface area (Å²) in [6.07, 6.45) is 1.60. The molecule has 1 aromatic heterocycles. The topological polar surface area (TPSA) is 102 Å². The van der Waals surface area contributed by atoms with Gasteiger partial charge in [0.15, 0.2) is 16.3 Å². The third-order valence-corrected chi connectivity index (χ3v) is 7.23. The summed E-state index contributed by atoms with van der Waals surface area (Å²) in [6.45, 7) is 1.76. The molecule has 0 saturated heterocycles. The van der Waals surface area contributed by atoms with Gasteiger partial charge in [-0.25, -0.2) is 4.99 Å². The van der Waals surface area contributed by atoms with Crippen molar-refractivity contribution >= 4 is 29.0 Å². The van der Waals surface area contributed by atoms with Crippen LogP contribution in [-0.2, 0) is 4.79 Å². The quantitative estimate of drug-likeness (QED) is 0.399. The van der Waals surface area contributed by atoms with Crippen molar-refractivity contribution in [3.05, 3.63) is 115 Å². The van der Waals surface area contributed by atoms with Crippen molar-refractivity contribution in [1.82, 2.24) is 4.57 Å². The van der Waals surface area contributed by atoms with Crippen molar-refractivity contribution in [1.29, 1.82) is 0 Å². The maximum absolute atomic E-state index is 13.8. The molecule has 0 radical (unpaired) electrons. The van der Waals surface area contributed by atoms with Crippen LogP contribution in [0, 0.1) is 0 Å². The van der Waals surface area contributed by atoms with Crippen LogP contribution < -0.4 is 29.7 Å². The third-order valence-electron chi connectivity index (χ3n) is 6.24. The molecule has 2 N–H and O–H groups in total. The van der Waals surface area contributed by atoms with Crippen molar-refractivity contribution in [2.75, 3.05) is 19.5 Å². The Morgan fingerprint density at radius 1 is 1.05 bits per heavy atom. The summed E-state index contributed by atoms with van der Waals surface area (Å²) < 4.78 is 12.5. The van der Waals surface area contributed by atoms with Crippen LogP contribution in [0.15, 0.2) is 93.9 Å². The fourth-order valence-electron chi connectivity index (χ4n) is 4.42. The number of amides is 1. The molecule has 38 heavy (non-hydrogen) atoms. The zero-order valence-corrected chi connectivity index (χ0v) is 21.8. The van der Waals surface area contributed by atoms with Crippen LogP contribution in [0.5, 0.6) is 17.2 Å². The van der Waals surface area contributed by atoms with Crippen molar-refractivity contribution in [2.24, 2.45) is 4.99 Å². The van der Waals surface area contributed by atoms with Crippen LogP contribution in [0.4, 0.5) is 5.69 Å². The Morgan fingerprint density at radius 2 is 1.82 bits per heavy atom. The van der Waals surface area contributed by atoms with Gasteiger partial charge in [0.2, 0.25) is 0 Å². The van der Waals surface area contributed by atoms with Crippen molar-refractivity contribution < 1.29 is 19.4 Å². The van der Waals surface area contributed by atoms with Gasteiger partial charge in [-0.15, -0.1) is 0 Å². The minimum atomic E-state index is -0.744. The van der Waals surface area contributed by atoms with Crippen LogP contribution in [0.25, 0.3) is 6.08 Å². The molecule has 5 rings (SSSR count). The molecule has 0 fully saturated rings. The number of benzene rings is 3. The molecule has 9 heteroatoms. The van der Waals surface area contributed by atoms with E-state index in [1.165, 1.54) is 23.0 Å². The average molecular weight is 528 g/mol. The molecular weight excluding hydrogens is 502 g/mol. The SMILES string of the molecule is COc1cccc([C@@H]2C(C(=O)Nc3ccccc3)=C(C)N=c3s/c(=C\c4cccc(OC)c4O)c(=O)n32)c1. The lowest BCUT2D eigenvalue weighted by molar-refractivity contribution is -0.113. The van der Waals surface area contributed by atoms with Gasteiger partial charge in [0, 0.05) is 11.3 Å². The summed E-state index contributed by atoms with van der Waals surface area (Å²) in [5.41, 5.74) is 2.29. The largest absolute Gasteiger partial charge is 0.504 e. The highest BCUT2D eigenvalue weighted by Crippen LogP contribution is 2.33. The monoisotopic (exact) mass is 527 g/mol. The summed E-state index contributed by atoms with van der Waals surface area (Å²) in [7, 11) is 3.03. The number of thiazole rings is 1. The number of allylic oxidation sites excluding steroid dienone is 1. The van der Waals surface area contributed by atoms with Gasteiger partial charge < -0.3 is 19.9 Å². The summed E-state index contributed by atoms with van der Waals surface area (Å²) in [6, 6.07) is 20.7. The van der Waals surface area contributed by atoms with Gasteiger partial charge in [0.05, 0.1) is 36.1 Å². The highest BCUT2D eigenvalue weighted by Gasteiger charge is 2.32. The number of phenolic OH excluding ortho intramolecular Hbond substituents is 1. The van der Waals surface area contributed by atoms with Crippen LogP contribution in [-0.4, -0.2) is 29.8 Å². The van der Waals surface area contributed by atoms with E-state index in [1.807, 2.05) is 36.4 Å². The number of anilines is 1. The molecule has 2 heterocycles. The van der Waals surface area contributed by atoms with E-state index < -0.39 is 6.04 Å². The molecule has 4 aromatic rings. The molecule has 0 bridgehead atoms. The standard InChI is InChI=1S/C29H25N3O5S/c1-17-24(27(34)31-20-11-5-4-6-12-20)25(18-9-7-13-21(15-18)36-2)32-28(35)23(38-29(32)30-17)16-19-10-8-14-22(37-3)26(19)33/h4-16,25,33H,1-3H3,(H,31,34)/b23-16-/t25-/m1/s1. The van der Waals surface area contributed by atoms with Crippen LogP contribution in [0.1, 0.15) is 24.1 Å². The first-order valence-corrected chi connectivity index (χ1v) is 12.6. The van der Waals surface area contributed by atoms with Crippen LogP contribution in [0.2, 0.25) is 0 Å². The maximum Gasteiger partial charge on any atom is 0.271 e. The van der Waals surface area contributed by atoms with E-state index >= 15 is 0 Å². The van der Waals surface area contributed by atoms with Crippen molar-refractivity contribution in [3.8, 4) is 17.2 Å². The molecule has 1 amide bonds. The van der Waals surface area contributed by atoms with E-state index in [0.29, 0.717) is 48.9 Å². The molecular formula is C29H25N3O5S. The Bertz CT molecular complexity index is 1740. The lowest BCUT2D eigenvalue weighted by atomic mass is 9.95. The molecule has 1 aliphatic rings. The lowest BCUT2D eigenvalue weighted by Crippen LogP contribution is -2.40. The van der Waals surface area contributed by atoms with E-state index in [2.05, 4.69) is 10.3 Å². The Hall–Kier alpha value is -4.63. The second kappa shape index (κ2) is 10.4. The Morgan fingerprint density at radius 3 is 2.55 bits per heavy atom. The zero-order valence-electron chi connectivity index (χ0n) is 21.0. The number of carbonyl (C=O) groups excluding carboxylic acids is 1. The number of para-hydroxylation sites is 2. The molecule has 3 aromatic carbocycles. The molecule has 0 spiro atoms. The Kier molecular flexibility index (Phi) is 6.85. The highest BCUT2D eigenvalue weighted by atomic mass is 32.1. The zero-order chi connectivity index (χ0) is 26.8. The number of ether oxygens (including phenoxy) is 2. The lowest BCUT2D eigenvalue weighted by Gasteiger charge is -2.25. The Labute approximate surface area is 222 Å². The first kappa shape index (κ1) is 25.0.